The first-order valence-electron chi connectivity index (χ1n) is 11.9. The number of amides is 3. The summed E-state index contributed by atoms with van der Waals surface area (Å²) in [6.45, 7) is 13.0. The Hall–Kier alpha value is -2.65. The molecule has 0 aromatic carbocycles. The van der Waals surface area contributed by atoms with Crippen molar-refractivity contribution < 1.29 is 54.9 Å². The lowest BCUT2D eigenvalue weighted by Gasteiger charge is -2.35. The van der Waals surface area contributed by atoms with Crippen molar-refractivity contribution in [1.29, 1.82) is 0 Å². The molecule has 2 fully saturated rings. The normalized spacial score (nSPS) is 17.4. The molecule has 2 aliphatic heterocycles. The second kappa shape index (κ2) is 12.9. The van der Waals surface area contributed by atoms with Crippen molar-refractivity contribution in [2.75, 3.05) is 52.4 Å². The van der Waals surface area contributed by atoms with E-state index >= 15 is 0 Å². The number of hydrogen-bond donors (Lipinski definition) is 1. The Bertz CT molecular complexity index is 782. The minimum atomic E-state index is -5.77. The van der Waals surface area contributed by atoms with Crippen LogP contribution in [0.5, 0.6) is 0 Å². The summed E-state index contributed by atoms with van der Waals surface area (Å²) in [5, 5.41) is 3.18. The van der Waals surface area contributed by atoms with Gasteiger partial charge in [-0.2, -0.15) is 26.3 Å². The summed E-state index contributed by atoms with van der Waals surface area (Å²) >= 11 is 0. The zero-order valence-corrected chi connectivity index (χ0v) is 22.3. The largest absolute Gasteiger partial charge is 0.444 e. The third-order valence-corrected chi connectivity index (χ3v) is 4.77. The van der Waals surface area contributed by atoms with E-state index < -0.39 is 36.2 Å². The number of halogens is 6. The maximum atomic E-state index is 12.4. The Morgan fingerprint density at radius 3 is 1.24 bits per heavy atom. The average Bonchev–Trinajstić information content (AvgIpc) is 2.74. The molecule has 1 N–H and O–H groups in total. The van der Waals surface area contributed by atoms with Crippen LogP contribution in [0.2, 0.25) is 0 Å². The lowest BCUT2D eigenvalue weighted by atomic mass is 10.2. The molecule has 2 saturated heterocycles. The van der Waals surface area contributed by atoms with Gasteiger partial charge in [0.1, 0.15) is 11.2 Å². The van der Waals surface area contributed by atoms with E-state index in [1.807, 2.05) is 20.8 Å². The number of hydrogen-bond acceptors (Lipinski definition) is 7. The van der Waals surface area contributed by atoms with Crippen LogP contribution >= 0.6 is 0 Å². The number of nitrogens with one attached hydrogen (secondary N) is 1. The number of piperazine rings is 2. The van der Waals surface area contributed by atoms with Gasteiger partial charge in [-0.05, 0) is 41.5 Å². The molecule has 0 bridgehead atoms. The Balaban J connectivity index is 0.000000464. The Morgan fingerprint density at radius 2 is 0.921 bits per heavy atom. The Morgan fingerprint density at radius 1 is 0.605 bits per heavy atom. The molecule has 16 heteroatoms. The summed E-state index contributed by atoms with van der Waals surface area (Å²) in [4.78, 5) is 38.5. The molecule has 3 amide bonds. The fourth-order valence-electron chi connectivity index (χ4n) is 3.07. The molecule has 2 heterocycles. The topological polar surface area (TPSA) is 101 Å². The van der Waals surface area contributed by atoms with Crippen molar-refractivity contribution in [3.05, 3.63) is 0 Å². The zero-order chi connectivity index (χ0) is 29.5. The van der Waals surface area contributed by atoms with Crippen LogP contribution in [0.15, 0.2) is 0 Å². The average molecular weight is 567 g/mol. The minimum absolute atomic E-state index is 0.104. The maximum absolute atomic E-state index is 12.4. The van der Waals surface area contributed by atoms with Crippen LogP contribution in [0.3, 0.4) is 0 Å². The van der Waals surface area contributed by atoms with Crippen molar-refractivity contribution in [2.45, 2.75) is 71.2 Å². The van der Waals surface area contributed by atoms with Crippen LogP contribution in [0, 0.1) is 0 Å². The van der Waals surface area contributed by atoms with Gasteiger partial charge in [0, 0.05) is 52.4 Å². The predicted molar refractivity (Wildman–Crippen MR) is 122 cm³/mol. The highest BCUT2D eigenvalue weighted by Crippen LogP contribution is 2.36. The van der Waals surface area contributed by atoms with Crippen molar-refractivity contribution in [3.8, 4) is 0 Å². The van der Waals surface area contributed by atoms with Gasteiger partial charge < -0.3 is 34.2 Å². The molecule has 0 aromatic heterocycles. The summed E-state index contributed by atoms with van der Waals surface area (Å²) in [7, 11) is 0. The number of nitrogens with zero attached hydrogens (tertiary/aromatic N) is 3. The molecule has 38 heavy (non-hydrogen) atoms. The van der Waals surface area contributed by atoms with E-state index in [1.165, 1.54) is 4.90 Å². The van der Waals surface area contributed by atoms with Gasteiger partial charge in [0.05, 0.1) is 0 Å². The van der Waals surface area contributed by atoms with Gasteiger partial charge >= 0.3 is 30.6 Å². The highest BCUT2D eigenvalue weighted by atomic mass is 19.4. The fourth-order valence-corrected chi connectivity index (χ4v) is 3.07. The quantitative estimate of drug-likeness (QED) is 0.378. The summed E-state index contributed by atoms with van der Waals surface area (Å²) in [6, 6.07) is 0. The van der Waals surface area contributed by atoms with E-state index in [1.54, 1.807) is 25.7 Å². The van der Waals surface area contributed by atoms with Crippen LogP contribution in [-0.2, 0) is 14.2 Å². The van der Waals surface area contributed by atoms with Crippen LogP contribution in [0.25, 0.3) is 0 Å². The number of ether oxygens (including phenoxy) is 3. The Kier molecular flexibility index (Phi) is 11.4. The lowest BCUT2D eigenvalue weighted by Crippen LogP contribution is -2.54. The second-order valence-corrected chi connectivity index (χ2v) is 10.5. The van der Waals surface area contributed by atoms with Crippen molar-refractivity contribution in [1.82, 2.24) is 20.0 Å². The van der Waals surface area contributed by atoms with Crippen LogP contribution < -0.4 is 5.32 Å². The highest BCUT2D eigenvalue weighted by molar-refractivity contribution is 5.70. The summed E-state index contributed by atoms with van der Waals surface area (Å²) in [5.74, 6) is 0. The molecular weight excluding hydrogens is 530 g/mol. The second-order valence-electron chi connectivity index (χ2n) is 10.5. The van der Waals surface area contributed by atoms with Crippen LogP contribution in [-0.4, -0.2) is 115 Å². The molecule has 2 aliphatic rings. The summed E-state index contributed by atoms with van der Waals surface area (Å²) in [6.07, 6.45) is -18.4. The van der Waals surface area contributed by atoms with Gasteiger partial charge in [0.15, 0.2) is 0 Å². The van der Waals surface area contributed by atoms with E-state index in [4.69, 9.17) is 9.47 Å². The van der Waals surface area contributed by atoms with E-state index in [9.17, 15) is 40.7 Å². The predicted octanol–water partition coefficient (Wildman–Crippen LogP) is 4.00. The SMILES string of the molecule is CC(C)(C)OC(=O)N1CCN(C(=O)OC(C(F)(F)F)C(F)(F)F)CC1.CC(C)(C)OC(=O)N1CCNCC1. The summed E-state index contributed by atoms with van der Waals surface area (Å²) in [5.41, 5.74) is -1.15. The lowest BCUT2D eigenvalue weighted by molar-refractivity contribution is -0.308. The van der Waals surface area contributed by atoms with Gasteiger partial charge in [-0.1, -0.05) is 0 Å². The molecule has 0 radical (unpaired) electrons. The number of carbonyl (C=O) groups is 3. The molecule has 2 rings (SSSR count). The van der Waals surface area contributed by atoms with E-state index in [2.05, 4.69) is 10.1 Å². The molecule has 0 atom stereocenters. The number of carbonyl (C=O) groups excluding carboxylic acids is 3. The molecule has 0 aliphatic carbocycles. The van der Waals surface area contributed by atoms with Gasteiger partial charge in [-0.25, -0.2) is 14.4 Å². The molecular formula is C22H36F6N4O6. The zero-order valence-electron chi connectivity index (χ0n) is 22.3. The summed E-state index contributed by atoms with van der Waals surface area (Å²) < 4.78 is 88.2. The van der Waals surface area contributed by atoms with E-state index in [0.717, 1.165) is 26.2 Å². The fraction of sp³-hybridized carbons (Fsp3) is 0.864. The maximum Gasteiger partial charge on any atom is 0.434 e. The number of rotatable bonds is 1. The first-order chi connectivity index (χ1) is 17.1. The molecule has 10 nitrogen and oxygen atoms in total. The third-order valence-electron chi connectivity index (χ3n) is 4.77. The molecule has 222 valence electrons. The number of alkyl halides is 6. The first-order valence-corrected chi connectivity index (χ1v) is 11.9. The Labute approximate surface area is 217 Å². The van der Waals surface area contributed by atoms with Gasteiger partial charge in [-0.15, -0.1) is 0 Å². The smallest absolute Gasteiger partial charge is 0.434 e. The third kappa shape index (κ3) is 12.3. The van der Waals surface area contributed by atoms with Crippen molar-refractivity contribution in [2.24, 2.45) is 0 Å². The minimum Gasteiger partial charge on any atom is -0.444 e. The van der Waals surface area contributed by atoms with Crippen LogP contribution in [0.1, 0.15) is 41.5 Å². The van der Waals surface area contributed by atoms with Crippen molar-refractivity contribution in [3.63, 3.8) is 0 Å². The molecule has 0 saturated carbocycles. The molecule has 0 spiro atoms. The van der Waals surface area contributed by atoms with Gasteiger partial charge in [0.2, 0.25) is 0 Å². The van der Waals surface area contributed by atoms with E-state index in [-0.39, 0.29) is 37.9 Å². The van der Waals surface area contributed by atoms with Crippen LogP contribution in [0.4, 0.5) is 40.7 Å². The van der Waals surface area contributed by atoms with Gasteiger partial charge in [0.25, 0.3) is 6.10 Å². The molecule has 0 aromatic rings. The molecule has 0 unspecified atom stereocenters. The van der Waals surface area contributed by atoms with Crippen molar-refractivity contribution >= 4 is 18.3 Å². The first kappa shape index (κ1) is 33.4. The van der Waals surface area contributed by atoms with E-state index in [0.29, 0.717) is 4.90 Å². The monoisotopic (exact) mass is 566 g/mol. The van der Waals surface area contributed by atoms with Gasteiger partial charge in [-0.3, -0.25) is 0 Å². The standard InChI is InChI=1S/C13H18F6N2O4.C9H18N2O2/c1-11(2,3)25-10(23)21-6-4-20(5-7-21)9(22)24-8(12(14,15)16)13(17,18)19;1-9(2,3)13-8(12)11-6-4-10-5-7-11/h8H,4-7H2,1-3H3;10H,4-7H2,1-3H3. The highest BCUT2D eigenvalue weighted by Gasteiger charge is 2.60.